The minimum absolute atomic E-state index is 0.229. The number of para-hydroxylation sites is 1. The summed E-state index contributed by atoms with van der Waals surface area (Å²) in [4.78, 5) is 25.4. The van der Waals surface area contributed by atoms with E-state index >= 15 is 0 Å². The van der Waals surface area contributed by atoms with Gasteiger partial charge in [0, 0.05) is 12.7 Å². The van der Waals surface area contributed by atoms with E-state index in [0.717, 1.165) is 22.4 Å². The van der Waals surface area contributed by atoms with Crippen LogP contribution in [0.4, 0.5) is 5.69 Å². The molecule has 2 aromatic rings. The van der Waals surface area contributed by atoms with Crippen LogP contribution < -0.4 is 9.64 Å². The standard InChI is InChI=1S/C20H23NO4/c1-14-10-15(2)20(16(3)11-14)25-13-19(23)24-12-18(22)21(4)17-8-6-5-7-9-17/h5-11H,12-13H2,1-4H3. The molecule has 0 N–H and O–H groups in total. The van der Waals surface area contributed by atoms with Gasteiger partial charge in [0.2, 0.25) is 0 Å². The molecule has 0 aromatic heterocycles. The van der Waals surface area contributed by atoms with Crippen LogP contribution in [0.2, 0.25) is 0 Å². The van der Waals surface area contributed by atoms with E-state index in [1.165, 1.54) is 4.90 Å². The van der Waals surface area contributed by atoms with E-state index in [9.17, 15) is 9.59 Å². The minimum atomic E-state index is -0.575. The Hall–Kier alpha value is -2.82. The number of carbonyl (C=O) groups excluding carboxylic acids is 2. The third-order valence-corrected chi connectivity index (χ3v) is 3.81. The van der Waals surface area contributed by atoms with Crippen LogP contribution in [0.5, 0.6) is 5.75 Å². The lowest BCUT2D eigenvalue weighted by atomic mass is 10.1. The Kier molecular flexibility index (Phi) is 6.17. The summed E-state index contributed by atoms with van der Waals surface area (Å²) in [5.74, 6) is -0.202. The van der Waals surface area contributed by atoms with Gasteiger partial charge >= 0.3 is 5.97 Å². The third-order valence-electron chi connectivity index (χ3n) is 3.81. The number of rotatable bonds is 6. The summed E-state index contributed by atoms with van der Waals surface area (Å²) < 4.78 is 10.6. The average Bonchev–Trinajstić information content (AvgIpc) is 2.58. The first-order chi connectivity index (χ1) is 11.9. The summed E-state index contributed by atoms with van der Waals surface area (Å²) in [5, 5.41) is 0. The van der Waals surface area contributed by atoms with E-state index in [1.807, 2.05) is 63.2 Å². The summed E-state index contributed by atoms with van der Waals surface area (Å²) in [6, 6.07) is 13.2. The van der Waals surface area contributed by atoms with E-state index in [-0.39, 0.29) is 19.1 Å². The molecular formula is C20H23NO4. The average molecular weight is 341 g/mol. The van der Waals surface area contributed by atoms with Crippen LogP contribution in [0.1, 0.15) is 16.7 Å². The lowest BCUT2D eigenvalue weighted by Gasteiger charge is -2.17. The van der Waals surface area contributed by atoms with E-state index < -0.39 is 5.97 Å². The van der Waals surface area contributed by atoms with Crippen LogP contribution in [0.15, 0.2) is 42.5 Å². The fourth-order valence-electron chi connectivity index (χ4n) is 2.60. The highest BCUT2D eigenvalue weighted by atomic mass is 16.6. The van der Waals surface area contributed by atoms with E-state index in [2.05, 4.69) is 0 Å². The number of likely N-dealkylation sites (N-methyl/N-ethyl adjacent to an activating group) is 1. The fourth-order valence-corrected chi connectivity index (χ4v) is 2.60. The zero-order chi connectivity index (χ0) is 18.4. The number of hydrogen-bond donors (Lipinski definition) is 0. The molecule has 2 aromatic carbocycles. The Morgan fingerprint density at radius 1 is 0.960 bits per heavy atom. The number of anilines is 1. The second kappa shape index (κ2) is 8.33. The van der Waals surface area contributed by atoms with Gasteiger partial charge in [0.05, 0.1) is 0 Å². The van der Waals surface area contributed by atoms with Crippen molar-refractivity contribution in [2.45, 2.75) is 20.8 Å². The molecule has 0 spiro atoms. The van der Waals surface area contributed by atoms with Gasteiger partial charge < -0.3 is 14.4 Å². The lowest BCUT2D eigenvalue weighted by Crippen LogP contribution is -2.31. The van der Waals surface area contributed by atoms with Crippen molar-refractivity contribution in [2.75, 3.05) is 25.2 Å². The largest absolute Gasteiger partial charge is 0.481 e. The topological polar surface area (TPSA) is 55.8 Å². The number of benzene rings is 2. The normalized spacial score (nSPS) is 10.2. The summed E-state index contributed by atoms with van der Waals surface area (Å²) in [6.45, 7) is 5.32. The summed E-state index contributed by atoms with van der Waals surface area (Å²) in [6.07, 6.45) is 0. The van der Waals surface area contributed by atoms with Crippen molar-refractivity contribution in [2.24, 2.45) is 0 Å². The molecule has 0 atom stereocenters. The molecule has 0 heterocycles. The van der Waals surface area contributed by atoms with Gasteiger partial charge in [0.15, 0.2) is 13.2 Å². The molecule has 5 nitrogen and oxygen atoms in total. The Bertz CT molecular complexity index is 733. The summed E-state index contributed by atoms with van der Waals surface area (Å²) in [7, 11) is 1.64. The molecule has 0 fully saturated rings. The van der Waals surface area contributed by atoms with Crippen LogP contribution >= 0.6 is 0 Å². The summed E-state index contributed by atoms with van der Waals surface area (Å²) >= 11 is 0. The van der Waals surface area contributed by atoms with E-state index in [4.69, 9.17) is 9.47 Å². The molecule has 0 aliphatic rings. The molecule has 5 heteroatoms. The molecule has 2 rings (SSSR count). The zero-order valence-corrected chi connectivity index (χ0v) is 15.0. The zero-order valence-electron chi connectivity index (χ0n) is 15.0. The van der Waals surface area contributed by atoms with Gasteiger partial charge in [-0.25, -0.2) is 4.79 Å². The maximum absolute atomic E-state index is 12.1. The number of esters is 1. The Balaban J connectivity index is 1.84. The molecule has 0 saturated carbocycles. The van der Waals surface area contributed by atoms with Gasteiger partial charge in [-0.2, -0.15) is 0 Å². The Labute approximate surface area is 148 Å². The Morgan fingerprint density at radius 3 is 2.16 bits per heavy atom. The SMILES string of the molecule is Cc1cc(C)c(OCC(=O)OCC(=O)N(C)c2ccccc2)c(C)c1. The maximum Gasteiger partial charge on any atom is 0.344 e. The van der Waals surface area contributed by atoms with Gasteiger partial charge in [-0.1, -0.05) is 35.9 Å². The molecular weight excluding hydrogens is 318 g/mol. The number of nitrogens with zero attached hydrogens (tertiary/aromatic N) is 1. The van der Waals surface area contributed by atoms with Crippen molar-refractivity contribution in [1.29, 1.82) is 0 Å². The van der Waals surface area contributed by atoms with Crippen LogP contribution in [-0.2, 0) is 14.3 Å². The molecule has 0 unspecified atom stereocenters. The number of aryl methyl sites for hydroxylation is 3. The number of ether oxygens (including phenoxy) is 2. The quantitative estimate of drug-likeness (QED) is 0.757. The van der Waals surface area contributed by atoms with Crippen molar-refractivity contribution in [1.82, 2.24) is 0 Å². The van der Waals surface area contributed by atoms with Crippen molar-refractivity contribution < 1.29 is 19.1 Å². The molecule has 25 heavy (non-hydrogen) atoms. The van der Waals surface area contributed by atoms with Gasteiger partial charge in [-0.05, 0) is 44.0 Å². The number of amides is 1. The van der Waals surface area contributed by atoms with E-state index in [0.29, 0.717) is 5.75 Å². The molecule has 0 bridgehead atoms. The fraction of sp³-hybridized carbons (Fsp3) is 0.300. The molecule has 0 aliphatic heterocycles. The van der Waals surface area contributed by atoms with Crippen molar-refractivity contribution in [3.05, 3.63) is 59.2 Å². The van der Waals surface area contributed by atoms with Gasteiger partial charge in [-0.15, -0.1) is 0 Å². The Morgan fingerprint density at radius 2 is 1.56 bits per heavy atom. The van der Waals surface area contributed by atoms with Crippen molar-refractivity contribution in [3.8, 4) is 5.75 Å². The number of hydrogen-bond acceptors (Lipinski definition) is 4. The minimum Gasteiger partial charge on any atom is -0.481 e. The molecule has 0 aliphatic carbocycles. The highest BCUT2D eigenvalue weighted by Crippen LogP contribution is 2.24. The predicted octanol–water partition coefficient (Wildman–Crippen LogP) is 3.20. The highest BCUT2D eigenvalue weighted by Gasteiger charge is 2.14. The molecule has 0 saturated heterocycles. The monoisotopic (exact) mass is 341 g/mol. The lowest BCUT2D eigenvalue weighted by molar-refractivity contribution is -0.149. The van der Waals surface area contributed by atoms with Gasteiger partial charge in [0.25, 0.3) is 5.91 Å². The van der Waals surface area contributed by atoms with Crippen LogP contribution in [-0.4, -0.2) is 32.1 Å². The molecule has 0 radical (unpaired) electrons. The first kappa shape index (κ1) is 18.5. The van der Waals surface area contributed by atoms with E-state index in [1.54, 1.807) is 7.05 Å². The first-order valence-electron chi connectivity index (χ1n) is 8.06. The van der Waals surface area contributed by atoms with Crippen molar-refractivity contribution in [3.63, 3.8) is 0 Å². The molecule has 132 valence electrons. The number of carbonyl (C=O) groups is 2. The smallest absolute Gasteiger partial charge is 0.344 e. The first-order valence-corrected chi connectivity index (χ1v) is 8.06. The third kappa shape index (κ3) is 5.08. The summed E-state index contributed by atoms with van der Waals surface area (Å²) in [5.41, 5.74) is 3.81. The van der Waals surface area contributed by atoms with Gasteiger partial charge in [0.1, 0.15) is 5.75 Å². The second-order valence-corrected chi connectivity index (χ2v) is 5.97. The van der Waals surface area contributed by atoms with Crippen LogP contribution in [0.25, 0.3) is 0 Å². The predicted molar refractivity (Wildman–Crippen MR) is 97.0 cm³/mol. The van der Waals surface area contributed by atoms with Gasteiger partial charge in [-0.3, -0.25) is 4.79 Å². The molecule has 1 amide bonds. The maximum atomic E-state index is 12.1. The highest BCUT2D eigenvalue weighted by molar-refractivity contribution is 5.94. The van der Waals surface area contributed by atoms with Crippen LogP contribution in [0, 0.1) is 20.8 Å². The van der Waals surface area contributed by atoms with Crippen molar-refractivity contribution >= 4 is 17.6 Å². The van der Waals surface area contributed by atoms with Crippen LogP contribution in [0.3, 0.4) is 0 Å². The second-order valence-electron chi connectivity index (χ2n) is 5.97.